The Hall–Kier alpha value is -8.48. The monoisotopic (exact) mass is 919 g/mol. The first-order valence-electron chi connectivity index (χ1n) is 22.0. The number of nitrogens with zero attached hydrogens (tertiary/aromatic N) is 4. The van der Waals surface area contributed by atoms with E-state index in [-0.39, 0.29) is 54.5 Å². The first kappa shape index (κ1) is 44.7. The Balaban J connectivity index is 0.722. The molecule has 0 spiro atoms. The Morgan fingerprint density at radius 2 is 1.65 bits per heavy atom. The number of ether oxygens (including phenoxy) is 2. The topological polar surface area (TPSA) is 247 Å². The maximum Gasteiger partial charge on any atom is 0.266 e. The molecule has 19 heteroatoms. The van der Waals surface area contributed by atoms with Crippen LogP contribution in [0.4, 0.5) is 28.6 Å². The van der Waals surface area contributed by atoms with Crippen LogP contribution in [0.25, 0.3) is 11.1 Å². The van der Waals surface area contributed by atoms with Gasteiger partial charge in [0, 0.05) is 78.2 Å². The second-order valence-electron chi connectivity index (χ2n) is 17.1. The lowest BCUT2D eigenvalue weighted by Gasteiger charge is -2.35. The molecule has 0 bridgehead atoms. The van der Waals surface area contributed by atoms with Gasteiger partial charge in [-0.25, -0.2) is 4.98 Å². The molecule has 0 saturated carbocycles. The fourth-order valence-electron chi connectivity index (χ4n) is 8.60. The van der Waals surface area contributed by atoms with Crippen LogP contribution in [0.2, 0.25) is 0 Å². The van der Waals surface area contributed by atoms with Crippen LogP contribution in [-0.4, -0.2) is 87.9 Å². The SMILES string of the molecule is CC1(C)Oc2cc(N3CCCC3=O)ccc2-c2cnc(Nc3cncc(NC(=O)c4ccc(NC(=O)CCCNC(=O)COc5cccc6c5C(=O)N(C5CCC(=O)NC5=O)C6=O)cc4)c3)cc21. The van der Waals surface area contributed by atoms with E-state index < -0.39 is 53.7 Å². The first-order valence-corrected chi connectivity index (χ1v) is 22.0. The van der Waals surface area contributed by atoms with Crippen molar-refractivity contribution in [1.29, 1.82) is 0 Å². The minimum absolute atomic E-state index is 0.00413. The van der Waals surface area contributed by atoms with E-state index >= 15 is 0 Å². The van der Waals surface area contributed by atoms with Gasteiger partial charge in [0.2, 0.25) is 23.6 Å². The van der Waals surface area contributed by atoms with Crippen LogP contribution < -0.4 is 41.0 Å². The molecule has 68 heavy (non-hydrogen) atoms. The van der Waals surface area contributed by atoms with Gasteiger partial charge in [0.1, 0.15) is 29.0 Å². The number of hydrogen-bond donors (Lipinski definition) is 5. The molecule has 8 amide bonds. The number of carbonyl (C=O) groups is 8. The van der Waals surface area contributed by atoms with Crippen molar-refractivity contribution in [2.45, 2.75) is 64.0 Å². The molecular formula is C49H45N9O10. The number of benzene rings is 3. The summed E-state index contributed by atoms with van der Waals surface area (Å²) in [5.74, 6) is -2.55. The average Bonchev–Trinajstić information content (AvgIpc) is 3.86. The fraction of sp³-hybridized carbons (Fsp3) is 0.265. The van der Waals surface area contributed by atoms with E-state index in [1.165, 1.54) is 24.4 Å². The molecule has 4 aliphatic rings. The lowest BCUT2D eigenvalue weighted by atomic mass is 9.87. The van der Waals surface area contributed by atoms with Gasteiger partial charge in [0.05, 0.1) is 34.9 Å². The van der Waals surface area contributed by atoms with Crippen molar-refractivity contribution in [2.75, 3.05) is 40.5 Å². The van der Waals surface area contributed by atoms with Gasteiger partial charge in [-0.3, -0.25) is 53.6 Å². The molecule has 1 atom stereocenters. The maximum absolute atomic E-state index is 13.3. The van der Waals surface area contributed by atoms with Crippen LogP contribution in [-0.2, 0) is 29.6 Å². The summed E-state index contributed by atoms with van der Waals surface area (Å²) in [6, 6.07) is 19.0. The second-order valence-corrected chi connectivity index (χ2v) is 17.1. The van der Waals surface area contributed by atoms with Crippen molar-refractivity contribution < 1.29 is 47.8 Å². The highest BCUT2D eigenvalue weighted by Crippen LogP contribution is 2.47. The van der Waals surface area contributed by atoms with Crippen molar-refractivity contribution in [1.82, 2.24) is 25.5 Å². The third-order valence-electron chi connectivity index (χ3n) is 11.9. The summed E-state index contributed by atoms with van der Waals surface area (Å²) in [6.07, 6.45) is 6.66. The van der Waals surface area contributed by atoms with Crippen molar-refractivity contribution in [3.63, 3.8) is 0 Å². The number of hydrogen-bond acceptors (Lipinski definition) is 13. The lowest BCUT2D eigenvalue weighted by Crippen LogP contribution is -2.54. The van der Waals surface area contributed by atoms with Gasteiger partial charge in [-0.1, -0.05) is 6.07 Å². The van der Waals surface area contributed by atoms with Crippen molar-refractivity contribution in [3.05, 3.63) is 114 Å². The molecule has 9 rings (SSSR count). The third-order valence-corrected chi connectivity index (χ3v) is 11.9. The predicted molar refractivity (Wildman–Crippen MR) is 246 cm³/mol. The van der Waals surface area contributed by atoms with Gasteiger partial charge in [-0.2, -0.15) is 0 Å². The second kappa shape index (κ2) is 18.4. The summed E-state index contributed by atoms with van der Waals surface area (Å²) in [5.41, 5.74) is 4.65. The van der Waals surface area contributed by atoms with Gasteiger partial charge in [-0.15, -0.1) is 0 Å². The fourth-order valence-corrected chi connectivity index (χ4v) is 8.60. The molecule has 3 aromatic carbocycles. The summed E-state index contributed by atoms with van der Waals surface area (Å²) < 4.78 is 12.1. The number of pyridine rings is 2. The van der Waals surface area contributed by atoms with Crippen molar-refractivity contribution in [3.8, 4) is 22.6 Å². The number of carbonyl (C=O) groups excluding carboxylic acids is 8. The third kappa shape index (κ3) is 9.17. The zero-order valence-electron chi connectivity index (χ0n) is 37.0. The molecule has 346 valence electrons. The average molecular weight is 920 g/mol. The number of piperidine rings is 1. The Bertz CT molecular complexity index is 2940. The largest absolute Gasteiger partial charge is 0.483 e. The molecule has 19 nitrogen and oxygen atoms in total. The minimum atomic E-state index is -1.14. The Morgan fingerprint density at radius 3 is 2.43 bits per heavy atom. The highest BCUT2D eigenvalue weighted by molar-refractivity contribution is 6.24. The number of imide groups is 2. The molecule has 2 fully saturated rings. The predicted octanol–water partition coefficient (Wildman–Crippen LogP) is 5.21. The minimum Gasteiger partial charge on any atom is -0.483 e. The summed E-state index contributed by atoms with van der Waals surface area (Å²) in [7, 11) is 0. The van der Waals surface area contributed by atoms with Crippen LogP contribution in [0.5, 0.6) is 11.5 Å². The number of aromatic nitrogens is 2. The van der Waals surface area contributed by atoms with E-state index in [1.54, 1.807) is 47.6 Å². The van der Waals surface area contributed by atoms with Crippen LogP contribution in [0.3, 0.4) is 0 Å². The van der Waals surface area contributed by atoms with Crippen molar-refractivity contribution in [2.24, 2.45) is 0 Å². The summed E-state index contributed by atoms with van der Waals surface area (Å²) >= 11 is 0. The Morgan fingerprint density at radius 1 is 0.838 bits per heavy atom. The number of anilines is 5. The van der Waals surface area contributed by atoms with E-state index in [0.29, 0.717) is 53.6 Å². The van der Waals surface area contributed by atoms with Crippen molar-refractivity contribution >= 4 is 75.8 Å². The zero-order valence-corrected chi connectivity index (χ0v) is 37.0. The molecule has 5 aromatic rings. The van der Waals surface area contributed by atoms with Gasteiger partial charge in [-0.05, 0) is 93.8 Å². The molecule has 0 aliphatic carbocycles. The molecule has 1 unspecified atom stereocenters. The standard InChI is InChI=1S/C49H45N9O10/c1-49(2)35-22-39(52-25-34(35)32-15-14-31(21-38(32)68-49)57-19-5-9-43(57)62)53-29-20-30(24-50-23-29)55-45(63)27-10-12-28(13-11-27)54-40(59)8-4-18-51-42(61)26-67-37-7-3-6-33-44(37)48(66)58(47(33)65)36-16-17-41(60)56-46(36)64/h3,6-7,10-15,20-25,36H,4-5,8-9,16-19,26H2,1-2H3,(H,51,61)(H,52,53)(H,54,59)(H,55,63)(H,56,60,64). The van der Waals surface area contributed by atoms with E-state index in [4.69, 9.17) is 9.47 Å². The highest BCUT2D eigenvalue weighted by Gasteiger charge is 2.46. The maximum atomic E-state index is 13.3. The summed E-state index contributed by atoms with van der Waals surface area (Å²) in [4.78, 5) is 113. The molecule has 2 aromatic heterocycles. The van der Waals surface area contributed by atoms with E-state index in [9.17, 15) is 38.4 Å². The van der Waals surface area contributed by atoms with Crippen LogP contribution in [0.1, 0.15) is 89.0 Å². The first-order chi connectivity index (χ1) is 32.7. The number of rotatable bonds is 14. The zero-order chi connectivity index (χ0) is 47.7. The summed E-state index contributed by atoms with van der Waals surface area (Å²) in [5, 5.41) is 13.7. The number of fused-ring (bicyclic) bond motifs is 4. The molecule has 2 saturated heterocycles. The molecule has 6 heterocycles. The molecular weight excluding hydrogens is 875 g/mol. The molecule has 4 aliphatic heterocycles. The van der Waals surface area contributed by atoms with Gasteiger partial charge in [0.15, 0.2) is 6.61 Å². The lowest BCUT2D eigenvalue weighted by molar-refractivity contribution is -0.136. The van der Waals surface area contributed by atoms with Crippen LogP contribution in [0.15, 0.2) is 91.4 Å². The Labute approximate surface area is 389 Å². The van der Waals surface area contributed by atoms with E-state index in [2.05, 4.69) is 36.6 Å². The van der Waals surface area contributed by atoms with E-state index in [0.717, 1.165) is 33.7 Å². The number of nitrogens with one attached hydrogen (secondary N) is 5. The van der Waals surface area contributed by atoms with E-state index in [1.807, 2.05) is 38.1 Å². The molecule has 5 N–H and O–H groups in total. The normalized spacial score (nSPS) is 16.8. The van der Waals surface area contributed by atoms with Gasteiger partial charge < -0.3 is 35.6 Å². The van der Waals surface area contributed by atoms with Crippen LogP contribution in [0, 0.1) is 0 Å². The van der Waals surface area contributed by atoms with Crippen LogP contribution >= 0.6 is 0 Å². The summed E-state index contributed by atoms with van der Waals surface area (Å²) in [6.45, 7) is 4.32. The highest BCUT2D eigenvalue weighted by atomic mass is 16.5. The molecule has 0 radical (unpaired) electrons. The van der Waals surface area contributed by atoms with Gasteiger partial charge in [0.25, 0.3) is 23.6 Å². The number of amides is 8. The Kier molecular flexibility index (Phi) is 12.1. The smallest absolute Gasteiger partial charge is 0.266 e. The van der Waals surface area contributed by atoms with Gasteiger partial charge >= 0.3 is 0 Å². The quantitative estimate of drug-likeness (QED) is 0.0710.